The number of rotatable bonds is 5. The lowest BCUT2D eigenvalue weighted by Crippen LogP contribution is -2.20. The Balaban J connectivity index is 1.56. The van der Waals surface area contributed by atoms with Gasteiger partial charge in [0.15, 0.2) is 0 Å². The SMILES string of the molecule is Cc1cc(-c2ncc(NCc3ccncc3)cc2-c2ccc3c(c2)NCCN3)ccc1F. The van der Waals surface area contributed by atoms with Gasteiger partial charge in [-0.1, -0.05) is 6.07 Å². The quantitative estimate of drug-likeness (QED) is 0.382. The molecular formula is C26H24FN5. The van der Waals surface area contributed by atoms with E-state index in [0.717, 1.165) is 58.1 Å². The molecule has 0 bridgehead atoms. The number of hydrogen-bond donors (Lipinski definition) is 3. The van der Waals surface area contributed by atoms with Crippen molar-refractivity contribution in [2.45, 2.75) is 13.5 Å². The Morgan fingerprint density at radius 2 is 1.69 bits per heavy atom. The molecule has 160 valence electrons. The van der Waals surface area contributed by atoms with E-state index in [1.807, 2.05) is 24.4 Å². The highest BCUT2D eigenvalue weighted by Crippen LogP contribution is 2.37. The maximum absolute atomic E-state index is 13.9. The van der Waals surface area contributed by atoms with Gasteiger partial charge in [-0.25, -0.2) is 4.39 Å². The molecular weight excluding hydrogens is 401 g/mol. The summed E-state index contributed by atoms with van der Waals surface area (Å²) in [6, 6.07) is 17.6. The number of aromatic nitrogens is 2. The topological polar surface area (TPSA) is 61.9 Å². The van der Waals surface area contributed by atoms with Crippen LogP contribution in [-0.4, -0.2) is 23.1 Å². The van der Waals surface area contributed by atoms with Gasteiger partial charge in [0, 0.05) is 43.2 Å². The largest absolute Gasteiger partial charge is 0.382 e. The summed E-state index contributed by atoms with van der Waals surface area (Å²) < 4.78 is 13.9. The van der Waals surface area contributed by atoms with Gasteiger partial charge in [0.2, 0.25) is 0 Å². The third-order valence-electron chi connectivity index (χ3n) is 5.65. The van der Waals surface area contributed by atoms with Gasteiger partial charge in [-0.05, 0) is 72.1 Å². The minimum absolute atomic E-state index is 0.213. The Morgan fingerprint density at radius 3 is 2.50 bits per heavy atom. The molecule has 1 aliphatic rings. The number of nitrogens with one attached hydrogen (secondary N) is 3. The van der Waals surface area contributed by atoms with Crippen LogP contribution >= 0.6 is 0 Å². The third kappa shape index (κ3) is 4.12. The molecule has 6 heteroatoms. The van der Waals surface area contributed by atoms with E-state index in [4.69, 9.17) is 4.98 Å². The normalized spacial score (nSPS) is 12.4. The van der Waals surface area contributed by atoms with Crippen LogP contribution in [0.5, 0.6) is 0 Å². The van der Waals surface area contributed by atoms with Gasteiger partial charge in [0.25, 0.3) is 0 Å². The van der Waals surface area contributed by atoms with Crippen molar-refractivity contribution in [1.29, 1.82) is 0 Å². The van der Waals surface area contributed by atoms with Crippen LogP contribution in [0.25, 0.3) is 22.4 Å². The van der Waals surface area contributed by atoms with Gasteiger partial charge in [-0.2, -0.15) is 0 Å². The van der Waals surface area contributed by atoms with Crippen LogP contribution in [0, 0.1) is 12.7 Å². The molecule has 2 aromatic carbocycles. The van der Waals surface area contributed by atoms with E-state index in [0.29, 0.717) is 12.1 Å². The highest BCUT2D eigenvalue weighted by molar-refractivity contribution is 5.87. The van der Waals surface area contributed by atoms with Crippen molar-refractivity contribution in [3.8, 4) is 22.4 Å². The van der Waals surface area contributed by atoms with E-state index in [2.05, 4.69) is 45.2 Å². The van der Waals surface area contributed by atoms with Gasteiger partial charge in [-0.15, -0.1) is 0 Å². The molecule has 1 aliphatic heterocycles. The molecule has 0 unspecified atom stereocenters. The Kier molecular flexibility index (Phi) is 5.42. The molecule has 0 saturated carbocycles. The predicted molar refractivity (Wildman–Crippen MR) is 128 cm³/mol. The number of nitrogens with zero attached hydrogens (tertiary/aromatic N) is 2. The van der Waals surface area contributed by atoms with Crippen LogP contribution in [0.3, 0.4) is 0 Å². The van der Waals surface area contributed by atoms with Crippen molar-refractivity contribution in [3.05, 3.63) is 90.1 Å². The fourth-order valence-electron chi connectivity index (χ4n) is 3.91. The van der Waals surface area contributed by atoms with Crippen LogP contribution in [-0.2, 0) is 6.54 Å². The second kappa shape index (κ2) is 8.67. The monoisotopic (exact) mass is 425 g/mol. The van der Waals surface area contributed by atoms with Gasteiger partial charge < -0.3 is 16.0 Å². The minimum atomic E-state index is -0.213. The lowest BCUT2D eigenvalue weighted by Gasteiger charge is -2.21. The van der Waals surface area contributed by atoms with E-state index in [1.54, 1.807) is 25.4 Å². The summed E-state index contributed by atoms with van der Waals surface area (Å²) in [5.41, 5.74) is 8.60. The lowest BCUT2D eigenvalue weighted by molar-refractivity contribution is 0.619. The van der Waals surface area contributed by atoms with Crippen LogP contribution in [0.15, 0.2) is 73.2 Å². The molecule has 3 N–H and O–H groups in total. The van der Waals surface area contributed by atoms with Crippen LogP contribution in [0.4, 0.5) is 21.5 Å². The zero-order valence-electron chi connectivity index (χ0n) is 17.8. The molecule has 0 atom stereocenters. The summed E-state index contributed by atoms with van der Waals surface area (Å²) in [7, 11) is 0. The number of aryl methyl sites for hydroxylation is 1. The molecule has 4 aromatic rings. The van der Waals surface area contributed by atoms with E-state index in [1.165, 1.54) is 6.07 Å². The van der Waals surface area contributed by atoms with Crippen molar-refractivity contribution < 1.29 is 4.39 Å². The maximum Gasteiger partial charge on any atom is 0.126 e. The Morgan fingerprint density at radius 1 is 0.906 bits per heavy atom. The average molecular weight is 426 g/mol. The number of halogens is 1. The van der Waals surface area contributed by atoms with Crippen LogP contribution < -0.4 is 16.0 Å². The molecule has 32 heavy (non-hydrogen) atoms. The zero-order valence-corrected chi connectivity index (χ0v) is 17.8. The molecule has 0 radical (unpaired) electrons. The number of pyridine rings is 2. The zero-order chi connectivity index (χ0) is 21.9. The minimum Gasteiger partial charge on any atom is -0.382 e. The standard InChI is InChI=1S/C26H24FN5/c1-17-12-20(2-4-23(17)27)26-22(19-3-5-24-25(13-19)30-11-10-29-24)14-21(16-32-26)31-15-18-6-8-28-9-7-18/h2-9,12-14,16,29-31H,10-11,15H2,1H3. The van der Waals surface area contributed by atoms with Gasteiger partial charge in [-0.3, -0.25) is 9.97 Å². The van der Waals surface area contributed by atoms with Crippen molar-refractivity contribution in [2.75, 3.05) is 29.0 Å². The van der Waals surface area contributed by atoms with Crippen molar-refractivity contribution in [1.82, 2.24) is 9.97 Å². The van der Waals surface area contributed by atoms with Crippen LogP contribution in [0.2, 0.25) is 0 Å². The second-order valence-electron chi connectivity index (χ2n) is 7.91. The number of hydrogen-bond acceptors (Lipinski definition) is 5. The first-order valence-corrected chi connectivity index (χ1v) is 10.7. The Hall–Kier alpha value is -3.93. The molecule has 2 aromatic heterocycles. The molecule has 0 spiro atoms. The molecule has 3 heterocycles. The van der Waals surface area contributed by atoms with Crippen molar-refractivity contribution in [2.24, 2.45) is 0 Å². The van der Waals surface area contributed by atoms with E-state index in [9.17, 15) is 4.39 Å². The summed E-state index contributed by atoms with van der Waals surface area (Å²) in [4.78, 5) is 8.86. The lowest BCUT2D eigenvalue weighted by atomic mass is 9.97. The van der Waals surface area contributed by atoms with Gasteiger partial charge >= 0.3 is 0 Å². The summed E-state index contributed by atoms with van der Waals surface area (Å²) in [6.07, 6.45) is 5.40. The van der Waals surface area contributed by atoms with E-state index < -0.39 is 0 Å². The molecule has 0 saturated heterocycles. The molecule has 0 fully saturated rings. The Bertz CT molecular complexity index is 1260. The fourth-order valence-corrected chi connectivity index (χ4v) is 3.91. The molecule has 5 rings (SSSR count). The highest BCUT2D eigenvalue weighted by atomic mass is 19.1. The van der Waals surface area contributed by atoms with Crippen LogP contribution in [0.1, 0.15) is 11.1 Å². The molecule has 0 aliphatic carbocycles. The number of benzene rings is 2. The number of fused-ring (bicyclic) bond motifs is 1. The summed E-state index contributed by atoms with van der Waals surface area (Å²) in [5, 5.41) is 10.3. The highest BCUT2D eigenvalue weighted by Gasteiger charge is 2.15. The molecule has 5 nitrogen and oxygen atoms in total. The first-order chi connectivity index (χ1) is 15.7. The summed E-state index contributed by atoms with van der Waals surface area (Å²) in [5.74, 6) is -0.213. The van der Waals surface area contributed by atoms with E-state index in [-0.39, 0.29) is 5.82 Å². The second-order valence-corrected chi connectivity index (χ2v) is 7.91. The fraction of sp³-hybridized carbons (Fsp3) is 0.154. The van der Waals surface area contributed by atoms with E-state index >= 15 is 0 Å². The van der Waals surface area contributed by atoms with Crippen molar-refractivity contribution in [3.63, 3.8) is 0 Å². The predicted octanol–water partition coefficient (Wildman–Crippen LogP) is 5.71. The smallest absolute Gasteiger partial charge is 0.126 e. The maximum atomic E-state index is 13.9. The van der Waals surface area contributed by atoms with Crippen molar-refractivity contribution >= 4 is 17.1 Å². The summed E-state index contributed by atoms with van der Waals surface area (Å²) >= 11 is 0. The summed E-state index contributed by atoms with van der Waals surface area (Å²) in [6.45, 7) is 4.24. The first-order valence-electron chi connectivity index (χ1n) is 10.7. The Labute approximate surface area is 186 Å². The molecule has 0 amide bonds. The van der Waals surface area contributed by atoms with Gasteiger partial charge in [0.05, 0.1) is 29.0 Å². The van der Waals surface area contributed by atoms with Gasteiger partial charge in [0.1, 0.15) is 5.82 Å². The first kappa shape index (κ1) is 20.0. The number of anilines is 3. The average Bonchev–Trinajstić information content (AvgIpc) is 2.85. The third-order valence-corrected chi connectivity index (χ3v) is 5.65.